The lowest BCUT2D eigenvalue weighted by Crippen LogP contribution is -2.52. The second kappa shape index (κ2) is 13.7. The number of aromatic hydroxyl groups is 1. The van der Waals surface area contributed by atoms with Gasteiger partial charge in [-0.3, -0.25) is 0 Å². The fourth-order valence-corrected chi connectivity index (χ4v) is 9.30. The van der Waals surface area contributed by atoms with Crippen molar-refractivity contribution in [2.45, 2.75) is 114 Å². The molecule has 0 saturated heterocycles. The SMILES string of the molecule is CN(CCCCC[C@@H]1Cc2cc(O)ccc2[C@H]2CC[C@@]3(C)[C@@H](C[C@@H](F)[C@]3(C)O)[C@H]12)CCCSCCCC(F)(F)C(F)(F)F. The number of hydrogen-bond donors (Lipinski definition) is 2. The quantitative estimate of drug-likeness (QED) is 0.158. The van der Waals surface area contributed by atoms with Crippen molar-refractivity contribution < 1.29 is 36.6 Å². The number of nitrogens with zero attached hydrogens (tertiary/aromatic N) is 1. The largest absolute Gasteiger partial charge is 0.508 e. The van der Waals surface area contributed by atoms with Crippen LogP contribution in [0.25, 0.3) is 0 Å². The molecule has 3 aliphatic carbocycles. The minimum absolute atomic E-state index is 0.133. The molecule has 0 radical (unpaired) electrons. The Morgan fingerprint density at radius 1 is 1.00 bits per heavy atom. The van der Waals surface area contributed by atoms with Crippen molar-refractivity contribution in [3.8, 4) is 5.75 Å². The maximum absolute atomic E-state index is 15.2. The average molecular weight is 638 g/mol. The van der Waals surface area contributed by atoms with Crippen LogP contribution in [0.2, 0.25) is 0 Å². The van der Waals surface area contributed by atoms with Gasteiger partial charge in [-0.1, -0.05) is 25.8 Å². The summed E-state index contributed by atoms with van der Waals surface area (Å²) in [6, 6.07) is 5.73. The van der Waals surface area contributed by atoms with E-state index in [2.05, 4.69) is 17.9 Å². The molecule has 0 aliphatic heterocycles. The molecule has 1 aromatic rings. The fourth-order valence-electron chi connectivity index (χ4n) is 8.41. The van der Waals surface area contributed by atoms with Crippen LogP contribution < -0.4 is 0 Å². The van der Waals surface area contributed by atoms with E-state index in [1.807, 2.05) is 13.1 Å². The van der Waals surface area contributed by atoms with Crippen LogP contribution in [0.4, 0.5) is 26.3 Å². The second-order valence-electron chi connectivity index (χ2n) is 13.9. The molecule has 7 atom stereocenters. The predicted molar refractivity (Wildman–Crippen MR) is 161 cm³/mol. The van der Waals surface area contributed by atoms with E-state index in [1.165, 1.54) is 22.9 Å². The van der Waals surface area contributed by atoms with Crippen molar-refractivity contribution >= 4 is 11.8 Å². The normalized spacial score (nSPS) is 32.5. The van der Waals surface area contributed by atoms with E-state index >= 15 is 4.39 Å². The van der Waals surface area contributed by atoms with E-state index < -0.39 is 35.7 Å². The van der Waals surface area contributed by atoms with Gasteiger partial charge in [-0.15, -0.1) is 0 Å². The van der Waals surface area contributed by atoms with E-state index in [4.69, 9.17) is 0 Å². The Morgan fingerprint density at radius 3 is 2.42 bits per heavy atom. The molecule has 1 aromatic carbocycles. The Hall–Kier alpha value is -1.13. The van der Waals surface area contributed by atoms with Gasteiger partial charge in [0.05, 0.1) is 5.60 Å². The van der Waals surface area contributed by atoms with Gasteiger partial charge in [0.2, 0.25) is 0 Å². The van der Waals surface area contributed by atoms with E-state index in [1.54, 1.807) is 13.0 Å². The minimum atomic E-state index is -5.47. The summed E-state index contributed by atoms with van der Waals surface area (Å²) in [6.45, 7) is 5.57. The molecule has 10 heteroatoms. The first kappa shape index (κ1) is 34.7. The number of alkyl halides is 6. The van der Waals surface area contributed by atoms with Gasteiger partial charge in [0, 0.05) is 11.8 Å². The first-order chi connectivity index (χ1) is 20.1. The molecule has 246 valence electrons. The fraction of sp³-hybridized carbons (Fsp3) is 0.818. The maximum atomic E-state index is 15.2. The Bertz CT molecular complexity index is 1070. The highest BCUT2D eigenvalue weighted by Crippen LogP contribution is 2.66. The molecule has 2 N–H and O–H groups in total. The average Bonchev–Trinajstić information content (AvgIpc) is 3.10. The van der Waals surface area contributed by atoms with Crippen molar-refractivity contribution in [2.24, 2.45) is 23.2 Å². The molecule has 2 saturated carbocycles. The van der Waals surface area contributed by atoms with Crippen LogP contribution in [0.3, 0.4) is 0 Å². The molecule has 43 heavy (non-hydrogen) atoms. The van der Waals surface area contributed by atoms with Crippen LogP contribution in [-0.2, 0) is 6.42 Å². The molecule has 0 unspecified atom stereocenters. The summed E-state index contributed by atoms with van der Waals surface area (Å²) in [5.74, 6) is -2.12. The van der Waals surface area contributed by atoms with Crippen LogP contribution >= 0.6 is 11.8 Å². The molecule has 0 amide bonds. The Morgan fingerprint density at radius 2 is 1.70 bits per heavy atom. The number of phenolic OH excluding ortho intramolecular Hbond substituents is 1. The Balaban J connectivity index is 1.20. The van der Waals surface area contributed by atoms with Crippen LogP contribution in [0.5, 0.6) is 5.75 Å². The van der Waals surface area contributed by atoms with Gasteiger partial charge in [-0.25, -0.2) is 4.39 Å². The van der Waals surface area contributed by atoms with Gasteiger partial charge >= 0.3 is 12.1 Å². The van der Waals surface area contributed by atoms with Crippen molar-refractivity contribution in [3.05, 3.63) is 29.3 Å². The number of rotatable bonds is 14. The molecule has 0 spiro atoms. The highest BCUT2D eigenvalue weighted by molar-refractivity contribution is 7.99. The van der Waals surface area contributed by atoms with Crippen molar-refractivity contribution in [2.75, 3.05) is 31.6 Å². The zero-order valence-electron chi connectivity index (χ0n) is 25.7. The van der Waals surface area contributed by atoms with Gasteiger partial charge in [0.1, 0.15) is 11.9 Å². The monoisotopic (exact) mass is 637 g/mol. The summed E-state index contributed by atoms with van der Waals surface area (Å²) in [5.41, 5.74) is 0.757. The number of benzene rings is 1. The van der Waals surface area contributed by atoms with Gasteiger partial charge < -0.3 is 15.1 Å². The highest BCUT2D eigenvalue weighted by atomic mass is 32.2. The number of fused-ring (bicyclic) bond motifs is 5. The number of thioether (sulfide) groups is 1. The highest BCUT2D eigenvalue weighted by Gasteiger charge is 2.65. The van der Waals surface area contributed by atoms with Crippen LogP contribution in [0.1, 0.15) is 95.1 Å². The van der Waals surface area contributed by atoms with Crippen LogP contribution in [-0.4, -0.2) is 70.6 Å². The standard InChI is InChI=1S/C33H49F6NO2S/c1-30-14-12-26-25-11-10-24(41)20-23(25)19-22(29(26)27(30)21-28(34)31(30,2)42)9-5-4-6-15-40(3)16-8-18-43-17-7-13-32(35,36)33(37,38)39/h10-11,20,22,26-29,41-42H,4-9,12-19,21H2,1-3H3/t22-,26-,27+,28-,29-,30+,31+/m1/s1. The third-order valence-electron chi connectivity index (χ3n) is 11.1. The minimum Gasteiger partial charge on any atom is -0.508 e. The van der Waals surface area contributed by atoms with Crippen LogP contribution in [0, 0.1) is 23.2 Å². The van der Waals surface area contributed by atoms with Gasteiger partial charge in [0.15, 0.2) is 0 Å². The number of unbranched alkanes of at least 4 members (excludes halogenated alkanes) is 2. The van der Waals surface area contributed by atoms with E-state index in [9.17, 15) is 32.2 Å². The number of halogens is 6. The number of hydrogen-bond acceptors (Lipinski definition) is 4. The first-order valence-corrected chi connectivity index (χ1v) is 17.1. The first-order valence-electron chi connectivity index (χ1n) is 16.0. The molecule has 0 aromatic heterocycles. The third kappa shape index (κ3) is 7.48. The van der Waals surface area contributed by atoms with E-state index in [0.29, 0.717) is 29.9 Å². The summed E-state index contributed by atoms with van der Waals surface area (Å²) in [6.07, 6.45) is 0.0922. The smallest absolute Gasteiger partial charge is 0.453 e. The molecule has 3 nitrogen and oxygen atoms in total. The zero-order chi connectivity index (χ0) is 31.6. The second-order valence-corrected chi connectivity index (χ2v) is 15.1. The molecule has 2 fully saturated rings. The molecular formula is C33H49F6NO2S. The summed E-state index contributed by atoms with van der Waals surface area (Å²) in [5, 5.41) is 21.4. The van der Waals surface area contributed by atoms with Gasteiger partial charge in [-0.2, -0.15) is 33.7 Å². The van der Waals surface area contributed by atoms with Crippen molar-refractivity contribution in [1.29, 1.82) is 0 Å². The predicted octanol–water partition coefficient (Wildman–Crippen LogP) is 8.77. The number of aliphatic hydroxyl groups is 1. The molecule has 0 heterocycles. The molecule has 3 aliphatic rings. The van der Waals surface area contributed by atoms with E-state index in [-0.39, 0.29) is 18.1 Å². The summed E-state index contributed by atoms with van der Waals surface area (Å²) in [7, 11) is 2.05. The molecule has 4 rings (SSSR count). The summed E-state index contributed by atoms with van der Waals surface area (Å²) >= 11 is 1.42. The zero-order valence-corrected chi connectivity index (χ0v) is 26.6. The molecule has 0 bridgehead atoms. The molecular weight excluding hydrogens is 588 g/mol. The van der Waals surface area contributed by atoms with Crippen LogP contribution in [0.15, 0.2) is 18.2 Å². The van der Waals surface area contributed by atoms with Crippen molar-refractivity contribution in [1.82, 2.24) is 4.90 Å². The Kier molecular flexibility index (Phi) is 11.1. The lowest BCUT2D eigenvalue weighted by Gasteiger charge is -2.55. The van der Waals surface area contributed by atoms with Gasteiger partial charge in [-0.05, 0) is 137 Å². The van der Waals surface area contributed by atoms with E-state index in [0.717, 1.165) is 70.2 Å². The Labute approximate surface area is 257 Å². The third-order valence-corrected chi connectivity index (χ3v) is 12.3. The number of phenols is 1. The summed E-state index contributed by atoms with van der Waals surface area (Å²) < 4.78 is 77.9. The summed E-state index contributed by atoms with van der Waals surface area (Å²) in [4.78, 5) is 2.24. The topological polar surface area (TPSA) is 43.7 Å². The van der Waals surface area contributed by atoms with Crippen molar-refractivity contribution in [3.63, 3.8) is 0 Å². The van der Waals surface area contributed by atoms with Gasteiger partial charge in [0.25, 0.3) is 0 Å². The lowest BCUT2D eigenvalue weighted by molar-refractivity contribution is -0.284. The lowest BCUT2D eigenvalue weighted by atomic mass is 9.50. The maximum Gasteiger partial charge on any atom is 0.453 e.